The third kappa shape index (κ3) is 4.76. The highest BCUT2D eigenvalue weighted by Crippen LogP contribution is 2.30. The van der Waals surface area contributed by atoms with Gasteiger partial charge in [-0.15, -0.1) is 0 Å². The summed E-state index contributed by atoms with van der Waals surface area (Å²) >= 11 is 1.02. The summed E-state index contributed by atoms with van der Waals surface area (Å²) in [6.07, 6.45) is 9.92. The average molecular weight is 387 g/mol. The minimum Gasteiger partial charge on any atom is -0.340 e. The van der Waals surface area contributed by atoms with E-state index in [0.29, 0.717) is 16.5 Å². The summed E-state index contributed by atoms with van der Waals surface area (Å²) in [4.78, 5) is 37.8. The predicted octanol–water partition coefficient (Wildman–Crippen LogP) is 2.75. The van der Waals surface area contributed by atoms with Gasteiger partial charge in [0.1, 0.15) is 0 Å². The maximum atomic E-state index is 11.8. The van der Waals surface area contributed by atoms with Crippen LogP contribution in [0.25, 0.3) is 6.08 Å². The highest BCUT2D eigenvalue weighted by molar-refractivity contribution is 8.18. The standard InChI is InChI=1S/C20H26N4O2S/c25-17-12-19(26)27-18(17)11-16-6-7-21-20(22-16)24-10-4-5-15(14-24)13-23-8-2-1-3-9-23/h6-7,11,15H,1-5,8-10,12-14H2/b18-11-. The molecule has 144 valence electrons. The van der Waals surface area contributed by atoms with Crippen molar-refractivity contribution in [3.8, 4) is 0 Å². The number of hydrogen-bond acceptors (Lipinski definition) is 7. The molecule has 1 aromatic rings. The van der Waals surface area contributed by atoms with Crippen molar-refractivity contribution in [1.82, 2.24) is 14.9 Å². The van der Waals surface area contributed by atoms with E-state index < -0.39 is 0 Å². The van der Waals surface area contributed by atoms with Crippen LogP contribution in [0.2, 0.25) is 0 Å². The van der Waals surface area contributed by atoms with Gasteiger partial charge in [-0.05, 0) is 68.6 Å². The monoisotopic (exact) mass is 386 g/mol. The van der Waals surface area contributed by atoms with E-state index in [4.69, 9.17) is 0 Å². The van der Waals surface area contributed by atoms with Crippen molar-refractivity contribution in [3.05, 3.63) is 22.9 Å². The van der Waals surface area contributed by atoms with Crippen LogP contribution in [0.1, 0.15) is 44.2 Å². The second-order valence-corrected chi connectivity index (χ2v) is 8.78. The number of anilines is 1. The molecule has 4 rings (SSSR count). The van der Waals surface area contributed by atoms with Gasteiger partial charge in [0.05, 0.1) is 17.0 Å². The average Bonchev–Trinajstić information content (AvgIpc) is 3.00. The quantitative estimate of drug-likeness (QED) is 0.582. The van der Waals surface area contributed by atoms with Crippen LogP contribution in [0.15, 0.2) is 17.2 Å². The first-order chi connectivity index (χ1) is 13.2. The number of rotatable bonds is 4. The lowest BCUT2D eigenvalue weighted by atomic mass is 9.96. The molecular formula is C20H26N4O2S. The van der Waals surface area contributed by atoms with Gasteiger partial charge < -0.3 is 9.80 Å². The number of piperidine rings is 2. The van der Waals surface area contributed by atoms with Crippen molar-refractivity contribution < 1.29 is 9.59 Å². The lowest BCUT2D eigenvalue weighted by Gasteiger charge is -2.36. The third-order valence-electron chi connectivity index (χ3n) is 5.51. The number of allylic oxidation sites excluding steroid dienone is 1. The van der Waals surface area contributed by atoms with E-state index in [1.165, 1.54) is 45.3 Å². The second-order valence-electron chi connectivity index (χ2n) is 7.68. The van der Waals surface area contributed by atoms with Crippen molar-refractivity contribution in [2.45, 2.75) is 38.5 Å². The van der Waals surface area contributed by atoms with E-state index in [1.54, 1.807) is 18.3 Å². The molecule has 7 heteroatoms. The molecule has 27 heavy (non-hydrogen) atoms. The van der Waals surface area contributed by atoms with Crippen LogP contribution in [-0.2, 0) is 9.59 Å². The van der Waals surface area contributed by atoms with Gasteiger partial charge in [0.25, 0.3) is 0 Å². The molecule has 0 N–H and O–H groups in total. The lowest BCUT2D eigenvalue weighted by Crippen LogP contribution is -2.43. The molecule has 0 aromatic carbocycles. The van der Waals surface area contributed by atoms with Gasteiger partial charge in [-0.1, -0.05) is 6.42 Å². The van der Waals surface area contributed by atoms with E-state index >= 15 is 0 Å². The molecule has 3 aliphatic rings. The number of nitrogens with zero attached hydrogens (tertiary/aromatic N) is 4. The van der Waals surface area contributed by atoms with Crippen molar-refractivity contribution in [3.63, 3.8) is 0 Å². The van der Waals surface area contributed by atoms with E-state index in [0.717, 1.165) is 37.2 Å². The fourth-order valence-corrected chi connectivity index (χ4v) is 4.99. The Morgan fingerprint density at radius 2 is 2.00 bits per heavy atom. The fraction of sp³-hybridized carbons (Fsp3) is 0.600. The van der Waals surface area contributed by atoms with Crippen LogP contribution in [0, 0.1) is 5.92 Å². The molecule has 0 amide bonds. The molecule has 1 unspecified atom stereocenters. The van der Waals surface area contributed by atoms with E-state index in [1.807, 2.05) is 0 Å². The van der Waals surface area contributed by atoms with Crippen LogP contribution in [0.5, 0.6) is 0 Å². The summed E-state index contributed by atoms with van der Waals surface area (Å²) in [5, 5.41) is -0.0860. The van der Waals surface area contributed by atoms with Gasteiger partial charge in [0, 0.05) is 25.8 Å². The van der Waals surface area contributed by atoms with Crippen molar-refractivity contribution in [2.24, 2.45) is 5.92 Å². The van der Waals surface area contributed by atoms with Crippen molar-refractivity contribution in [1.29, 1.82) is 0 Å². The highest BCUT2D eigenvalue weighted by Gasteiger charge is 2.27. The Hall–Kier alpha value is -1.73. The SMILES string of the molecule is O=C1CC(=O)/C(=C/c2ccnc(N3CCCC(CN4CCCCC4)C3)n2)S1. The molecule has 6 nitrogen and oxygen atoms in total. The topological polar surface area (TPSA) is 66.4 Å². The summed E-state index contributed by atoms with van der Waals surface area (Å²) in [7, 11) is 0. The largest absolute Gasteiger partial charge is 0.340 e. The summed E-state index contributed by atoms with van der Waals surface area (Å²) in [5.74, 6) is 1.28. The molecule has 3 fully saturated rings. The van der Waals surface area contributed by atoms with E-state index in [-0.39, 0.29) is 17.3 Å². The zero-order valence-electron chi connectivity index (χ0n) is 15.6. The molecule has 0 bridgehead atoms. The van der Waals surface area contributed by atoms with Crippen molar-refractivity contribution >= 4 is 34.7 Å². The number of likely N-dealkylation sites (tertiary alicyclic amines) is 1. The fourth-order valence-electron chi connectivity index (χ4n) is 4.18. The molecule has 3 saturated heterocycles. The number of ketones is 1. The van der Waals surface area contributed by atoms with Crippen LogP contribution in [-0.4, -0.2) is 58.5 Å². The lowest BCUT2D eigenvalue weighted by molar-refractivity contribution is -0.119. The van der Waals surface area contributed by atoms with Gasteiger partial charge in [-0.25, -0.2) is 9.97 Å². The minimum absolute atomic E-state index is 0.00124. The summed E-state index contributed by atoms with van der Waals surface area (Å²) in [6.45, 7) is 5.61. The van der Waals surface area contributed by atoms with Gasteiger partial charge in [0.2, 0.25) is 11.1 Å². The first-order valence-electron chi connectivity index (χ1n) is 9.93. The maximum absolute atomic E-state index is 11.8. The normalized spacial score (nSPS) is 26.1. The summed E-state index contributed by atoms with van der Waals surface area (Å²) < 4.78 is 0. The van der Waals surface area contributed by atoms with Crippen molar-refractivity contribution in [2.75, 3.05) is 37.6 Å². The van der Waals surface area contributed by atoms with Gasteiger partial charge in [-0.2, -0.15) is 0 Å². The zero-order valence-corrected chi connectivity index (χ0v) is 16.4. The molecule has 0 saturated carbocycles. The molecule has 0 aliphatic carbocycles. The third-order valence-corrected chi connectivity index (χ3v) is 6.45. The zero-order chi connectivity index (χ0) is 18.6. The number of carbonyl (C=O) groups excluding carboxylic acids is 2. The Balaban J connectivity index is 1.42. The van der Waals surface area contributed by atoms with Crippen LogP contribution in [0.3, 0.4) is 0 Å². The van der Waals surface area contributed by atoms with E-state index in [2.05, 4.69) is 19.8 Å². The minimum atomic E-state index is -0.107. The summed E-state index contributed by atoms with van der Waals surface area (Å²) in [5.41, 5.74) is 0.698. The van der Waals surface area contributed by atoms with Gasteiger partial charge in [-0.3, -0.25) is 9.59 Å². The Labute approximate surface area is 164 Å². The number of hydrogen-bond donors (Lipinski definition) is 0. The Morgan fingerprint density at radius 3 is 2.78 bits per heavy atom. The smallest absolute Gasteiger partial charge is 0.225 e. The first-order valence-corrected chi connectivity index (χ1v) is 10.7. The molecular weight excluding hydrogens is 360 g/mol. The summed E-state index contributed by atoms with van der Waals surface area (Å²) in [6, 6.07) is 1.79. The number of Topliss-reactive ketones (excluding diaryl/α,β-unsaturated/α-hetero) is 1. The van der Waals surface area contributed by atoms with Crippen LogP contribution in [0.4, 0.5) is 5.95 Å². The highest BCUT2D eigenvalue weighted by atomic mass is 32.2. The van der Waals surface area contributed by atoms with Crippen LogP contribution >= 0.6 is 11.8 Å². The maximum Gasteiger partial charge on any atom is 0.225 e. The second kappa shape index (κ2) is 8.52. The molecule has 0 radical (unpaired) electrons. The van der Waals surface area contributed by atoms with E-state index in [9.17, 15) is 9.59 Å². The number of thioether (sulfide) groups is 1. The first kappa shape index (κ1) is 18.6. The number of aromatic nitrogens is 2. The molecule has 1 aromatic heterocycles. The Bertz CT molecular complexity index is 745. The molecule has 1 atom stereocenters. The Morgan fingerprint density at radius 1 is 1.15 bits per heavy atom. The van der Waals surface area contributed by atoms with Gasteiger partial charge >= 0.3 is 0 Å². The predicted molar refractivity (Wildman–Crippen MR) is 107 cm³/mol. The van der Waals surface area contributed by atoms with Crippen LogP contribution < -0.4 is 4.90 Å². The molecule has 4 heterocycles. The molecule has 0 spiro atoms. The van der Waals surface area contributed by atoms with Gasteiger partial charge in [0.15, 0.2) is 5.78 Å². The number of carbonyl (C=O) groups is 2. The molecule has 3 aliphatic heterocycles. The Kier molecular flexibility index (Phi) is 5.88.